The van der Waals surface area contributed by atoms with Crippen LogP contribution in [0.15, 0.2) is 30.3 Å². The van der Waals surface area contributed by atoms with Gasteiger partial charge in [0.25, 0.3) is 0 Å². The van der Waals surface area contributed by atoms with Crippen LogP contribution >= 0.6 is 0 Å². The van der Waals surface area contributed by atoms with Gasteiger partial charge >= 0.3 is 0 Å². The molecule has 0 radical (unpaired) electrons. The molecule has 2 heteroatoms. The predicted octanol–water partition coefficient (Wildman–Crippen LogP) is 5.55. The molecule has 0 bridgehead atoms. The van der Waals surface area contributed by atoms with Crippen molar-refractivity contribution in [3.8, 4) is 11.5 Å². The van der Waals surface area contributed by atoms with E-state index in [4.69, 9.17) is 4.74 Å². The minimum atomic E-state index is -0.537. The lowest BCUT2D eigenvalue weighted by Gasteiger charge is -2.45. The number of aryl methyl sites for hydroxylation is 3. The first-order valence-corrected chi connectivity index (χ1v) is 8.79. The van der Waals surface area contributed by atoms with Crippen LogP contribution in [0, 0.1) is 13.8 Å². The standard InChI is InChI=1S/C22H28O2/c1-7-16-8-9-19-17(12-16)21(4,5)13-22(6,24-19)18-11-14(2)10-15(3)20(18)23/h8-12,23H,7,13H2,1-6H3. The Labute approximate surface area is 145 Å². The van der Waals surface area contributed by atoms with Crippen LogP contribution in [0.5, 0.6) is 11.5 Å². The van der Waals surface area contributed by atoms with Gasteiger partial charge < -0.3 is 9.84 Å². The summed E-state index contributed by atoms with van der Waals surface area (Å²) in [6.07, 6.45) is 1.86. The van der Waals surface area contributed by atoms with E-state index in [1.807, 2.05) is 13.0 Å². The summed E-state index contributed by atoms with van der Waals surface area (Å²) < 4.78 is 6.47. The topological polar surface area (TPSA) is 29.5 Å². The molecule has 2 aromatic carbocycles. The van der Waals surface area contributed by atoms with Gasteiger partial charge in [0.05, 0.1) is 0 Å². The van der Waals surface area contributed by atoms with Crippen LogP contribution in [0.1, 0.15) is 61.9 Å². The van der Waals surface area contributed by atoms with Crippen LogP contribution in [0.4, 0.5) is 0 Å². The average Bonchev–Trinajstić information content (AvgIpc) is 2.49. The van der Waals surface area contributed by atoms with Crippen molar-refractivity contribution in [1.29, 1.82) is 0 Å². The summed E-state index contributed by atoms with van der Waals surface area (Å²) in [5, 5.41) is 10.7. The lowest BCUT2D eigenvalue weighted by molar-refractivity contribution is 0.0303. The van der Waals surface area contributed by atoms with Gasteiger partial charge in [0.1, 0.15) is 17.1 Å². The molecule has 2 aromatic rings. The summed E-state index contributed by atoms with van der Waals surface area (Å²) in [4.78, 5) is 0. The number of aromatic hydroxyl groups is 1. The molecule has 1 aliphatic heterocycles. The molecule has 3 rings (SSSR count). The van der Waals surface area contributed by atoms with Crippen LogP contribution in [-0.2, 0) is 17.4 Å². The maximum absolute atomic E-state index is 10.7. The highest BCUT2D eigenvalue weighted by Crippen LogP contribution is 2.51. The zero-order chi connectivity index (χ0) is 17.7. The molecule has 1 atom stereocenters. The molecule has 0 aliphatic carbocycles. The Morgan fingerprint density at radius 2 is 1.75 bits per heavy atom. The average molecular weight is 324 g/mol. The third-order valence-electron chi connectivity index (χ3n) is 5.31. The maximum Gasteiger partial charge on any atom is 0.136 e. The predicted molar refractivity (Wildman–Crippen MR) is 99.0 cm³/mol. The zero-order valence-corrected chi connectivity index (χ0v) is 15.7. The minimum Gasteiger partial charge on any atom is -0.507 e. The number of hydrogen-bond donors (Lipinski definition) is 1. The fourth-order valence-electron chi connectivity index (χ4n) is 4.15. The van der Waals surface area contributed by atoms with Crippen LogP contribution < -0.4 is 4.74 Å². The molecular formula is C22H28O2. The van der Waals surface area contributed by atoms with Crippen molar-refractivity contribution < 1.29 is 9.84 Å². The van der Waals surface area contributed by atoms with E-state index in [1.54, 1.807) is 0 Å². The largest absolute Gasteiger partial charge is 0.507 e. The highest BCUT2D eigenvalue weighted by molar-refractivity contribution is 5.50. The van der Waals surface area contributed by atoms with Gasteiger partial charge in [-0.3, -0.25) is 0 Å². The second-order valence-corrected chi connectivity index (χ2v) is 8.06. The van der Waals surface area contributed by atoms with E-state index in [2.05, 4.69) is 58.9 Å². The van der Waals surface area contributed by atoms with Crippen molar-refractivity contribution in [1.82, 2.24) is 0 Å². The van der Waals surface area contributed by atoms with E-state index < -0.39 is 5.60 Å². The molecule has 0 spiro atoms. The molecule has 24 heavy (non-hydrogen) atoms. The minimum absolute atomic E-state index is 0.0163. The van der Waals surface area contributed by atoms with E-state index in [9.17, 15) is 5.11 Å². The molecular weight excluding hydrogens is 296 g/mol. The molecule has 1 aliphatic rings. The van der Waals surface area contributed by atoms with Gasteiger partial charge in [0, 0.05) is 17.5 Å². The van der Waals surface area contributed by atoms with E-state index in [0.29, 0.717) is 5.75 Å². The molecule has 128 valence electrons. The molecule has 2 nitrogen and oxygen atoms in total. The van der Waals surface area contributed by atoms with E-state index in [1.165, 1.54) is 11.1 Å². The Kier molecular flexibility index (Phi) is 3.90. The molecule has 0 aromatic heterocycles. The number of hydrogen-bond acceptors (Lipinski definition) is 2. The highest BCUT2D eigenvalue weighted by atomic mass is 16.5. The normalized spacial score (nSPS) is 21.9. The second kappa shape index (κ2) is 5.54. The van der Waals surface area contributed by atoms with Gasteiger partial charge in [0.15, 0.2) is 0 Å². The summed E-state index contributed by atoms with van der Waals surface area (Å²) >= 11 is 0. The smallest absolute Gasteiger partial charge is 0.136 e. The van der Waals surface area contributed by atoms with Gasteiger partial charge in [0.2, 0.25) is 0 Å². The fraction of sp³-hybridized carbons (Fsp3) is 0.455. The number of fused-ring (bicyclic) bond motifs is 1. The summed E-state index contributed by atoms with van der Waals surface area (Å²) in [6, 6.07) is 10.6. The highest BCUT2D eigenvalue weighted by Gasteiger charge is 2.44. The summed E-state index contributed by atoms with van der Waals surface area (Å²) in [5.74, 6) is 1.29. The molecule has 0 fully saturated rings. The quantitative estimate of drug-likeness (QED) is 0.785. The van der Waals surface area contributed by atoms with Gasteiger partial charge in [-0.2, -0.15) is 0 Å². The first kappa shape index (κ1) is 16.9. The molecule has 1 unspecified atom stereocenters. The SMILES string of the molecule is CCc1ccc2c(c1)C(C)(C)CC(C)(c1cc(C)cc(C)c1O)O2. The van der Waals surface area contributed by atoms with Gasteiger partial charge in [-0.05, 0) is 55.9 Å². The van der Waals surface area contributed by atoms with Crippen molar-refractivity contribution in [2.45, 2.75) is 65.4 Å². The Hall–Kier alpha value is -1.96. The number of phenols is 1. The van der Waals surface area contributed by atoms with Gasteiger partial charge in [-0.25, -0.2) is 0 Å². The Morgan fingerprint density at radius 3 is 2.42 bits per heavy atom. The van der Waals surface area contributed by atoms with Crippen LogP contribution in [0.25, 0.3) is 0 Å². The molecule has 0 saturated heterocycles. The third kappa shape index (κ3) is 2.68. The molecule has 0 amide bonds. The summed E-state index contributed by atoms with van der Waals surface area (Å²) in [5.41, 5.74) is 4.99. The lowest BCUT2D eigenvalue weighted by Crippen LogP contribution is -2.41. The van der Waals surface area contributed by atoms with Gasteiger partial charge in [-0.1, -0.05) is 44.5 Å². The third-order valence-corrected chi connectivity index (χ3v) is 5.31. The first-order valence-electron chi connectivity index (χ1n) is 8.79. The summed E-state index contributed by atoms with van der Waals surface area (Å²) in [6.45, 7) is 12.8. The monoisotopic (exact) mass is 324 g/mol. The molecule has 1 N–H and O–H groups in total. The van der Waals surface area contributed by atoms with Crippen LogP contribution in [-0.4, -0.2) is 5.11 Å². The van der Waals surface area contributed by atoms with Crippen molar-refractivity contribution >= 4 is 0 Å². The Balaban J connectivity index is 2.14. The number of phenolic OH excluding ortho intramolecular Hbond substituents is 1. The maximum atomic E-state index is 10.7. The first-order chi connectivity index (χ1) is 11.2. The van der Waals surface area contributed by atoms with Crippen molar-refractivity contribution in [3.63, 3.8) is 0 Å². The molecule has 1 heterocycles. The van der Waals surface area contributed by atoms with E-state index >= 15 is 0 Å². The van der Waals surface area contributed by atoms with Gasteiger partial charge in [-0.15, -0.1) is 0 Å². The van der Waals surface area contributed by atoms with Crippen molar-refractivity contribution in [3.05, 3.63) is 58.1 Å². The van der Waals surface area contributed by atoms with Crippen molar-refractivity contribution in [2.75, 3.05) is 0 Å². The number of rotatable bonds is 2. The Bertz CT molecular complexity index is 789. The van der Waals surface area contributed by atoms with Crippen molar-refractivity contribution in [2.24, 2.45) is 0 Å². The number of ether oxygens (including phenoxy) is 1. The molecule has 0 saturated carbocycles. The lowest BCUT2D eigenvalue weighted by atomic mass is 9.70. The van der Waals surface area contributed by atoms with Crippen LogP contribution in [0.3, 0.4) is 0 Å². The number of benzene rings is 2. The van der Waals surface area contributed by atoms with E-state index in [-0.39, 0.29) is 5.41 Å². The fourth-order valence-corrected chi connectivity index (χ4v) is 4.15. The van der Waals surface area contributed by atoms with E-state index in [0.717, 1.165) is 35.3 Å². The zero-order valence-electron chi connectivity index (χ0n) is 15.7. The summed E-state index contributed by atoms with van der Waals surface area (Å²) in [7, 11) is 0. The Morgan fingerprint density at radius 1 is 1.04 bits per heavy atom. The van der Waals surface area contributed by atoms with Crippen LogP contribution in [0.2, 0.25) is 0 Å². The second-order valence-electron chi connectivity index (χ2n) is 8.06.